The van der Waals surface area contributed by atoms with E-state index in [9.17, 15) is 12.6 Å². The van der Waals surface area contributed by atoms with E-state index in [0.29, 0.717) is 17.7 Å². The second-order valence-electron chi connectivity index (χ2n) is 5.12. The Labute approximate surface area is 113 Å². The third-order valence-electron chi connectivity index (χ3n) is 3.52. The van der Waals surface area contributed by atoms with Gasteiger partial charge in [-0.1, -0.05) is 13.3 Å². The SMILES string of the molecule is CCNC1CCCC1CCS(=O)CCS(C)(=O)=O. The summed E-state index contributed by atoms with van der Waals surface area (Å²) in [6, 6.07) is 0.571. The Hall–Kier alpha value is 0.0600. The Bertz CT molecular complexity index is 368. The van der Waals surface area contributed by atoms with Crippen LogP contribution in [-0.2, 0) is 20.6 Å². The molecule has 0 radical (unpaired) electrons. The van der Waals surface area contributed by atoms with Crippen LogP contribution < -0.4 is 5.32 Å². The highest BCUT2D eigenvalue weighted by Crippen LogP contribution is 2.28. The molecule has 1 N–H and O–H groups in total. The fraction of sp³-hybridized carbons (Fsp3) is 1.00. The van der Waals surface area contributed by atoms with Gasteiger partial charge in [-0.3, -0.25) is 4.21 Å². The minimum absolute atomic E-state index is 0.0426. The molecule has 1 rings (SSSR count). The van der Waals surface area contributed by atoms with Gasteiger partial charge in [-0.25, -0.2) is 8.42 Å². The van der Waals surface area contributed by atoms with Crippen LogP contribution in [0.3, 0.4) is 0 Å². The summed E-state index contributed by atoms with van der Waals surface area (Å²) in [6.45, 7) is 3.10. The van der Waals surface area contributed by atoms with Gasteiger partial charge in [0.1, 0.15) is 9.84 Å². The van der Waals surface area contributed by atoms with Crippen molar-refractivity contribution in [3.05, 3.63) is 0 Å². The summed E-state index contributed by atoms with van der Waals surface area (Å²) >= 11 is 0. The van der Waals surface area contributed by atoms with Crippen LogP contribution in [0.2, 0.25) is 0 Å². The zero-order chi connectivity index (χ0) is 13.6. The first-order valence-corrected chi connectivity index (χ1v) is 10.2. The number of rotatable bonds is 8. The van der Waals surface area contributed by atoms with Gasteiger partial charge in [-0.15, -0.1) is 0 Å². The molecule has 1 aliphatic carbocycles. The van der Waals surface area contributed by atoms with Gasteiger partial charge >= 0.3 is 0 Å². The summed E-state index contributed by atoms with van der Waals surface area (Å²) in [6.07, 6.45) is 5.82. The third kappa shape index (κ3) is 6.29. The number of hydrogen-bond donors (Lipinski definition) is 1. The summed E-state index contributed by atoms with van der Waals surface area (Å²) in [5.74, 6) is 1.59. The van der Waals surface area contributed by atoms with Crippen LogP contribution in [0.15, 0.2) is 0 Å². The smallest absolute Gasteiger partial charge is 0.148 e. The van der Waals surface area contributed by atoms with Gasteiger partial charge < -0.3 is 5.32 Å². The van der Waals surface area contributed by atoms with Crippen molar-refractivity contribution in [2.24, 2.45) is 5.92 Å². The minimum atomic E-state index is -2.98. The maximum absolute atomic E-state index is 11.7. The number of hydrogen-bond acceptors (Lipinski definition) is 4. The molecule has 0 spiro atoms. The predicted molar refractivity (Wildman–Crippen MR) is 77.0 cm³/mol. The first-order valence-electron chi connectivity index (χ1n) is 6.68. The summed E-state index contributed by atoms with van der Waals surface area (Å²) in [4.78, 5) is 0. The van der Waals surface area contributed by atoms with Crippen LogP contribution in [0, 0.1) is 5.92 Å². The Balaban J connectivity index is 2.25. The van der Waals surface area contributed by atoms with Crippen LogP contribution in [0.4, 0.5) is 0 Å². The molecule has 3 atom stereocenters. The zero-order valence-electron chi connectivity index (χ0n) is 11.4. The summed E-state index contributed by atoms with van der Waals surface area (Å²) < 4.78 is 33.7. The molecule has 0 aliphatic heterocycles. The molecular formula is C12H25NO3S2. The maximum Gasteiger partial charge on any atom is 0.148 e. The van der Waals surface area contributed by atoms with Crippen molar-refractivity contribution in [2.75, 3.05) is 30.1 Å². The van der Waals surface area contributed by atoms with Crippen molar-refractivity contribution >= 4 is 20.6 Å². The fourth-order valence-corrected chi connectivity index (χ4v) is 5.27. The Morgan fingerprint density at radius 3 is 2.61 bits per heavy atom. The highest BCUT2D eigenvalue weighted by molar-refractivity contribution is 7.92. The first kappa shape index (κ1) is 16.1. The zero-order valence-corrected chi connectivity index (χ0v) is 13.0. The predicted octanol–water partition coefficient (Wildman–Crippen LogP) is 0.948. The van der Waals surface area contributed by atoms with Gasteiger partial charge in [0.15, 0.2) is 0 Å². The average Bonchev–Trinajstić information content (AvgIpc) is 2.71. The molecule has 18 heavy (non-hydrogen) atoms. The van der Waals surface area contributed by atoms with E-state index in [-0.39, 0.29) is 11.5 Å². The molecular weight excluding hydrogens is 270 g/mol. The third-order valence-corrected chi connectivity index (χ3v) is 6.08. The Morgan fingerprint density at radius 2 is 2.00 bits per heavy atom. The molecule has 3 unspecified atom stereocenters. The molecule has 0 aromatic heterocycles. The number of sulfone groups is 1. The van der Waals surface area contributed by atoms with E-state index in [1.54, 1.807) is 0 Å². The molecule has 1 saturated carbocycles. The van der Waals surface area contributed by atoms with Gasteiger partial charge in [-0.05, 0) is 31.7 Å². The van der Waals surface area contributed by atoms with Gasteiger partial charge in [0.05, 0.1) is 5.75 Å². The molecule has 108 valence electrons. The van der Waals surface area contributed by atoms with E-state index in [1.165, 1.54) is 25.5 Å². The van der Waals surface area contributed by atoms with Crippen molar-refractivity contribution in [3.63, 3.8) is 0 Å². The standard InChI is InChI=1S/C12H25NO3S2/c1-3-13-12-6-4-5-11(12)7-8-17(14)9-10-18(2,15)16/h11-13H,3-10H2,1-2H3. The summed E-state index contributed by atoms with van der Waals surface area (Å²) in [7, 11) is -3.97. The molecule has 0 heterocycles. The van der Waals surface area contributed by atoms with Crippen molar-refractivity contribution in [1.29, 1.82) is 0 Å². The van der Waals surface area contributed by atoms with E-state index in [1.807, 2.05) is 0 Å². The highest BCUT2D eigenvalue weighted by Gasteiger charge is 2.26. The highest BCUT2D eigenvalue weighted by atomic mass is 32.2. The Morgan fingerprint density at radius 1 is 1.28 bits per heavy atom. The summed E-state index contributed by atoms with van der Waals surface area (Å²) in [5, 5.41) is 3.48. The van der Waals surface area contributed by atoms with Crippen molar-refractivity contribution in [1.82, 2.24) is 5.32 Å². The minimum Gasteiger partial charge on any atom is -0.314 e. The monoisotopic (exact) mass is 295 g/mol. The van der Waals surface area contributed by atoms with Gasteiger partial charge in [0.2, 0.25) is 0 Å². The van der Waals surface area contributed by atoms with E-state index < -0.39 is 20.6 Å². The van der Waals surface area contributed by atoms with Gasteiger partial charge in [0, 0.05) is 34.6 Å². The summed E-state index contributed by atoms with van der Waals surface area (Å²) in [5.41, 5.74) is 0. The molecule has 0 aromatic carbocycles. The number of nitrogens with one attached hydrogen (secondary N) is 1. The van der Waals surface area contributed by atoms with Crippen LogP contribution in [0.5, 0.6) is 0 Å². The molecule has 0 amide bonds. The Kier molecular flexibility index (Phi) is 6.81. The van der Waals surface area contributed by atoms with Gasteiger partial charge in [-0.2, -0.15) is 0 Å². The molecule has 1 fully saturated rings. The first-order chi connectivity index (χ1) is 8.42. The molecule has 0 aromatic rings. The molecule has 4 nitrogen and oxygen atoms in total. The van der Waals surface area contributed by atoms with Gasteiger partial charge in [0.25, 0.3) is 0 Å². The topological polar surface area (TPSA) is 63.2 Å². The van der Waals surface area contributed by atoms with Crippen LogP contribution in [0.1, 0.15) is 32.6 Å². The van der Waals surface area contributed by atoms with Crippen LogP contribution >= 0.6 is 0 Å². The molecule has 0 bridgehead atoms. The maximum atomic E-state index is 11.7. The normalized spacial score (nSPS) is 26.3. The average molecular weight is 295 g/mol. The van der Waals surface area contributed by atoms with Crippen LogP contribution in [0.25, 0.3) is 0 Å². The molecule has 0 saturated heterocycles. The van der Waals surface area contributed by atoms with Crippen molar-refractivity contribution in [3.8, 4) is 0 Å². The lowest BCUT2D eigenvalue weighted by molar-refractivity contribution is 0.399. The molecule has 1 aliphatic rings. The fourth-order valence-electron chi connectivity index (χ4n) is 2.54. The van der Waals surface area contributed by atoms with Crippen LogP contribution in [-0.4, -0.2) is 48.7 Å². The second-order valence-corrected chi connectivity index (χ2v) is 9.08. The molecule has 6 heteroatoms. The van der Waals surface area contributed by atoms with Crippen molar-refractivity contribution < 1.29 is 12.6 Å². The lowest BCUT2D eigenvalue weighted by Gasteiger charge is -2.19. The van der Waals surface area contributed by atoms with E-state index >= 15 is 0 Å². The van der Waals surface area contributed by atoms with Crippen molar-refractivity contribution in [2.45, 2.75) is 38.6 Å². The lowest BCUT2D eigenvalue weighted by atomic mass is 10.0. The van der Waals surface area contributed by atoms with E-state index in [0.717, 1.165) is 13.0 Å². The second kappa shape index (κ2) is 7.60. The lowest BCUT2D eigenvalue weighted by Crippen LogP contribution is -2.32. The quantitative estimate of drug-likeness (QED) is 0.724. The van der Waals surface area contributed by atoms with E-state index in [4.69, 9.17) is 0 Å². The van der Waals surface area contributed by atoms with E-state index in [2.05, 4.69) is 12.2 Å². The largest absolute Gasteiger partial charge is 0.314 e.